The van der Waals surface area contributed by atoms with Crippen LogP contribution < -0.4 is 15.4 Å². The van der Waals surface area contributed by atoms with E-state index in [1.165, 1.54) is 19.2 Å². The maximum atomic E-state index is 14.5. The zero-order chi connectivity index (χ0) is 22.0. The quantitative estimate of drug-likeness (QED) is 0.680. The third-order valence-corrected chi connectivity index (χ3v) is 5.52. The molecule has 2 amide bonds. The number of halogens is 1. The largest absolute Gasteiger partial charge is 0.491 e. The molecule has 1 aromatic heterocycles. The summed E-state index contributed by atoms with van der Waals surface area (Å²) in [4.78, 5) is 29.8. The summed E-state index contributed by atoms with van der Waals surface area (Å²) in [7, 11) is 1.53. The lowest BCUT2D eigenvalue weighted by Gasteiger charge is -2.39. The standard InChI is InChI=1S/C24H22FN3O3/c1-15-8-9-18(14-19(15)25)24(10-12-31-20-7-4-11-27-21(20)24)28-23(30)17-6-3-5-16(13-17)22(29)26-2/h3-9,11,13-14H,10,12H2,1-2H3,(H,26,29)(H,28,30)/t24-/m0/s1. The molecule has 158 valence electrons. The van der Waals surface area contributed by atoms with Crippen molar-refractivity contribution in [3.05, 3.63) is 94.6 Å². The number of pyridine rings is 1. The summed E-state index contributed by atoms with van der Waals surface area (Å²) in [6.07, 6.45) is 1.99. The number of carbonyl (C=O) groups excluding carboxylic acids is 2. The van der Waals surface area contributed by atoms with Crippen molar-refractivity contribution in [3.8, 4) is 5.75 Å². The predicted octanol–water partition coefficient (Wildman–Crippen LogP) is 3.34. The smallest absolute Gasteiger partial charge is 0.252 e. The van der Waals surface area contributed by atoms with Crippen LogP contribution in [0, 0.1) is 12.7 Å². The second-order valence-corrected chi connectivity index (χ2v) is 7.43. The van der Waals surface area contributed by atoms with E-state index in [-0.39, 0.29) is 11.7 Å². The minimum Gasteiger partial charge on any atom is -0.491 e. The lowest BCUT2D eigenvalue weighted by atomic mass is 9.80. The molecule has 31 heavy (non-hydrogen) atoms. The highest BCUT2D eigenvalue weighted by molar-refractivity contribution is 6.00. The Kier molecular flexibility index (Phi) is 5.42. The van der Waals surface area contributed by atoms with Crippen molar-refractivity contribution >= 4 is 11.8 Å². The van der Waals surface area contributed by atoms with Crippen LogP contribution in [0.25, 0.3) is 0 Å². The van der Waals surface area contributed by atoms with Gasteiger partial charge in [0, 0.05) is 30.8 Å². The molecule has 0 spiro atoms. The zero-order valence-electron chi connectivity index (χ0n) is 17.2. The number of aromatic nitrogens is 1. The Labute approximate surface area is 179 Å². The van der Waals surface area contributed by atoms with Gasteiger partial charge in [0.05, 0.1) is 6.61 Å². The van der Waals surface area contributed by atoms with Gasteiger partial charge in [-0.3, -0.25) is 14.6 Å². The van der Waals surface area contributed by atoms with Gasteiger partial charge in [-0.25, -0.2) is 4.39 Å². The Balaban J connectivity index is 1.81. The normalized spacial score (nSPS) is 17.3. The Hall–Kier alpha value is -3.74. The second-order valence-electron chi connectivity index (χ2n) is 7.43. The summed E-state index contributed by atoms with van der Waals surface area (Å²) in [6, 6.07) is 14.9. The summed E-state index contributed by atoms with van der Waals surface area (Å²) in [5, 5.41) is 5.62. The number of benzene rings is 2. The number of nitrogens with one attached hydrogen (secondary N) is 2. The van der Waals surface area contributed by atoms with Crippen molar-refractivity contribution in [2.45, 2.75) is 18.9 Å². The van der Waals surface area contributed by atoms with Gasteiger partial charge in [-0.1, -0.05) is 18.2 Å². The summed E-state index contributed by atoms with van der Waals surface area (Å²) in [5.74, 6) is -0.515. The molecule has 1 atom stereocenters. The molecule has 1 aliphatic rings. The summed E-state index contributed by atoms with van der Waals surface area (Å²) < 4.78 is 20.3. The van der Waals surface area contributed by atoms with E-state index >= 15 is 0 Å². The third kappa shape index (κ3) is 3.74. The summed E-state index contributed by atoms with van der Waals surface area (Å²) in [5.41, 5.74) is 1.21. The molecule has 0 saturated heterocycles. The number of rotatable bonds is 4. The SMILES string of the molecule is CNC(=O)c1cccc(C(=O)N[C@]2(c3ccc(C)c(F)c3)CCOc3cccnc32)c1. The molecular formula is C24H22FN3O3. The Morgan fingerprint density at radius 2 is 1.84 bits per heavy atom. The minimum absolute atomic E-state index is 0.289. The molecule has 0 bridgehead atoms. The molecule has 2 N–H and O–H groups in total. The molecule has 0 unspecified atom stereocenters. The molecule has 2 heterocycles. The molecule has 0 aliphatic carbocycles. The van der Waals surface area contributed by atoms with Gasteiger partial charge in [0.2, 0.25) is 0 Å². The first-order valence-electron chi connectivity index (χ1n) is 9.94. The number of carbonyl (C=O) groups is 2. The van der Waals surface area contributed by atoms with Gasteiger partial charge in [-0.05, 0) is 54.4 Å². The Bertz CT molecular complexity index is 1160. The number of aryl methyl sites for hydroxylation is 1. The highest BCUT2D eigenvalue weighted by Gasteiger charge is 2.42. The van der Waals surface area contributed by atoms with E-state index in [9.17, 15) is 14.0 Å². The number of nitrogens with zero attached hydrogens (tertiary/aromatic N) is 1. The minimum atomic E-state index is -1.08. The van der Waals surface area contributed by atoms with E-state index < -0.39 is 11.4 Å². The van der Waals surface area contributed by atoms with Crippen LogP contribution in [0.15, 0.2) is 60.8 Å². The molecule has 7 heteroatoms. The van der Waals surface area contributed by atoms with Crippen LogP contribution in [0.4, 0.5) is 4.39 Å². The van der Waals surface area contributed by atoms with Crippen LogP contribution in [0.1, 0.15) is 44.0 Å². The molecule has 1 aliphatic heterocycles. The van der Waals surface area contributed by atoms with Gasteiger partial charge < -0.3 is 15.4 Å². The fourth-order valence-electron chi connectivity index (χ4n) is 3.81. The van der Waals surface area contributed by atoms with Crippen molar-refractivity contribution in [1.82, 2.24) is 15.6 Å². The number of hydrogen-bond acceptors (Lipinski definition) is 4. The van der Waals surface area contributed by atoms with Crippen molar-refractivity contribution in [2.75, 3.05) is 13.7 Å². The van der Waals surface area contributed by atoms with E-state index in [1.807, 2.05) is 0 Å². The Morgan fingerprint density at radius 1 is 1.06 bits per heavy atom. The van der Waals surface area contributed by atoms with Crippen molar-refractivity contribution in [1.29, 1.82) is 0 Å². The molecule has 0 saturated carbocycles. The molecule has 2 aromatic carbocycles. The van der Waals surface area contributed by atoms with Gasteiger partial charge in [0.15, 0.2) is 0 Å². The van der Waals surface area contributed by atoms with Crippen molar-refractivity contribution < 1.29 is 18.7 Å². The van der Waals surface area contributed by atoms with Gasteiger partial charge in [-0.2, -0.15) is 0 Å². The third-order valence-electron chi connectivity index (χ3n) is 5.52. The van der Waals surface area contributed by atoms with Gasteiger partial charge in [0.25, 0.3) is 11.8 Å². The monoisotopic (exact) mass is 419 g/mol. The first-order valence-corrected chi connectivity index (χ1v) is 9.94. The highest BCUT2D eigenvalue weighted by atomic mass is 19.1. The predicted molar refractivity (Wildman–Crippen MR) is 114 cm³/mol. The van der Waals surface area contributed by atoms with Gasteiger partial charge in [-0.15, -0.1) is 0 Å². The first kappa shape index (κ1) is 20.5. The second kappa shape index (κ2) is 8.18. The average Bonchev–Trinajstić information content (AvgIpc) is 2.80. The highest BCUT2D eigenvalue weighted by Crippen LogP contribution is 2.41. The molecule has 4 rings (SSSR count). The van der Waals surface area contributed by atoms with Crippen LogP contribution >= 0.6 is 0 Å². The summed E-state index contributed by atoms with van der Waals surface area (Å²) >= 11 is 0. The topological polar surface area (TPSA) is 80.3 Å². The van der Waals surface area contributed by atoms with Crippen LogP contribution in [-0.4, -0.2) is 30.5 Å². The van der Waals surface area contributed by atoms with E-state index in [0.717, 1.165) is 0 Å². The van der Waals surface area contributed by atoms with Gasteiger partial charge in [0.1, 0.15) is 22.8 Å². The molecule has 6 nitrogen and oxygen atoms in total. The average molecular weight is 419 g/mol. The zero-order valence-corrected chi connectivity index (χ0v) is 17.2. The molecule has 3 aromatic rings. The van der Waals surface area contributed by atoms with E-state index in [2.05, 4.69) is 15.6 Å². The fraction of sp³-hybridized carbons (Fsp3) is 0.208. The first-order chi connectivity index (χ1) is 14.9. The number of ether oxygens (including phenoxy) is 1. The van der Waals surface area contributed by atoms with Gasteiger partial charge >= 0.3 is 0 Å². The van der Waals surface area contributed by atoms with Crippen LogP contribution in [-0.2, 0) is 5.54 Å². The van der Waals surface area contributed by atoms with Crippen molar-refractivity contribution in [2.24, 2.45) is 0 Å². The molecule has 0 fully saturated rings. The Morgan fingerprint density at radius 3 is 2.58 bits per heavy atom. The maximum absolute atomic E-state index is 14.5. The van der Waals surface area contributed by atoms with Crippen LogP contribution in [0.2, 0.25) is 0 Å². The lowest BCUT2D eigenvalue weighted by Crippen LogP contribution is -2.50. The fourth-order valence-corrected chi connectivity index (χ4v) is 3.81. The van der Waals surface area contributed by atoms with E-state index in [0.29, 0.717) is 46.7 Å². The van der Waals surface area contributed by atoms with E-state index in [1.54, 1.807) is 55.6 Å². The van der Waals surface area contributed by atoms with E-state index in [4.69, 9.17) is 4.74 Å². The molecule has 0 radical (unpaired) electrons. The number of amides is 2. The van der Waals surface area contributed by atoms with Crippen LogP contribution in [0.5, 0.6) is 5.75 Å². The maximum Gasteiger partial charge on any atom is 0.252 e. The lowest BCUT2D eigenvalue weighted by molar-refractivity contribution is 0.0883. The van der Waals surface area contributed by atoms with Crippen LogP contribution in [0.3, 0.4) is 0 Å². The van der Waals surface area contributed by atoms with Crippen molar-refractivity contribution in [3.63, 3.8) is 0 Å². The molecular weight excluding hydrogens is 397 g/mol. The number of fused-ring (bicyclic) bond motifs is 1. The summed E-state index contributed by atoms with van der Waals surface area (Å²) in [6.45, 7) is 2.01. The number of hydrogen-bond donors (Lipinski definition) is 2.